The number of hydrogen-bond acceptors (Lipinski definition) is 6. The van der Waals surface area contributed by atoms with Crippen LogP contribution < -0.4 is 11.5 Å². The van der Waals surface area contributed by atoms with E-state index >= 15 is 0 Å². The van der Waals surface area contributed by atoms with Gasteiger partial charge in [-0.05, 0) is 43.9 Å². The van der Waals surface area contributed by atoms with E-state index in [1.807, 2.05) is 0 Å². The van der Waals surface area contributed by atoms with Crippen molar-refractivity contribution in [2.24, 2.45) is 17.4 Å². The Balaban J connectivity index is 1.62. The second-order valence-electron chi connectivity index (χ2n) is 10.1. The van der Waals surface area contributed by atoms with Crippen molar-refractivity contribution in [1.82, 2.24) is 24.6 Å². The minimum absolute atomic E-state index is 0.0559. The number of alkyl halides is 3. The van der Waals surface area contributed by atoms with Gasteiger partial charge in [-0.15, -0.1) is 0 Å². The molecule has 1 aliphatic carbocycles. The van der Waals surface area contributed by atoms with Crippen LogP contribution in [0.15, 0.2) is 36.8 Å². The van der Waals surface area contributed by atoms with Crippen LogP contribution in [0.5, 0.6) is 0 Å². The molecule has 10 nitrogen and oxygen atoms in total. The van der Waals surface area contributed by atoms with Crippen LogP contribution >= 0.6 is 0 Å². The summed E-state index contributed by atoms with van der Waals surface area (Å²) in [5, 5.41) is 4.59. The van der Waals surface area contributed by atoms with Crippen molar-refractivity contribution in [3.05, 3.63) is 53.8 Å². The van der Waals surface area contributed by atoms with Gasteiger partial charge in [0, 0.05) is 42.4 Å². The summed E-state index contributed by atoms with van der Waals surface area (Å²) in [4.78, 5) is 45.8. The van der Waals surface area contributed by atoms with Crippen LogP contribution in [-0.2, 0) is 15.8 Å². The van der Waals surface area contributed by atoms with E-state index in [4.69, 9.17) is 16.5 Å². The summed E-state index contributed by atoms with van der Waals surface area (Å²) in [6.45, 7) is 3.13. The zero-order valence-corrected chi connectivity index (χ0v) is 21.1. The number of nitrogens with zero attached hydrogens (tertiary/aromatic N) is 5. The Morgan fingerprint density at radius 1 is 1.05 bits per heavy atom. The van der Waals surface area contributed by atoms with E-state index in [9.17, 15) is 31.9 Å². The third-order valence-electron chi connectivity index (χ3n) is 7.54. The fourth-order valence-electron chi connectivity index (χ4n) is 5.34. The van der Waals surface area contributed by atoms with Crippen molar-refractivity contribution in [1.29, 1.82) is 0 Å². The summed E-state index contributed by atoms with van der Waals surface area (Å²) in [7, 11) is 0. The van der Waals surface area contributed by atoms with E-state index in [2.05, 4.69) is 16.7 Å². The highest BCUT2D eigenvalue weighted by Gasteiger charge is 2.37. The Morgan fingerprint density at radius 2 is 1.73 bits per heavy atom. The molecule has 0 aromatic carbocycles. The highest BCUT2D eigenvalue weighted by atomic mass is 19.4. The first-order chi connectivity index (χ1) is 18.8. The van der Waals surface area contributed by atoms with E-state index in [1.165, 1.54) is 15.6 Å². The molecule has 1 saturated carbocycles. The maximum Gasteiger partial charge on any atom is 0.433 e. The number of primary amides is 2. The third-order valence-corrected chi connectivity index (χ3v) is 7.54. The zero-order valence-electron chi connectivity index (χ0n) is 21.1. The number of carbonyl (C=O) groups is 3. The van der Waals surface area contributed by atoms with Crippen LogP contribution in [0.2, 0.25) is 0 Å². The van der Waals surface area contributed by atoms with Gasteiger partial charge in [0.05, 0.1) is 11.6 Å². The molecule has 0 spiro atoms. The predicted octanol–water partition coefficient (Wildman–Crippen LogP) is 3.24. The molecule has 3 amide bonds. The Hall–Kier alpha value is -4.36. The molecule has 0 bridgehead atoms. The standard InChI is InChI=1S/C26H25F4N7O3/c1-12(27)25(40)36-10-16(11-36)37-22-17(24(32)39)8-18(13-2-4-14(5-3-13)23(31)38)34-21(22)20(35-37)15-6-7-19(33-9-15)26(28,29)30/h6-9,13-14,16H,1-5,10-11H2,(H2,31,38)(H2,32,39). The van der Waals surface area contributed by atoms with Crippen LogP contribution in [0, 0.1) is 5.92 Å². The molecule has 3 aromatic heterocycles. The Labute approximate surface area is 225 Å². The number of nitrogens with two attached hydrogens (primary N) is 2. The van der Waals surface area contributed by atoms with Gasteiger partial charge in [-0.3, -0.25) is 24.0 Å². The smallest absolute Gasteiger partial charge is 0.369 e. The second-order valence-corrected chi connectivity index (χ2v) is 10.1. The monoisotopic (exact) mass is 559 g/mol. The molecular formula is C26H25F4N7O3. The third kappa shape index (κ3) is 4.89. The molecule has 1 aliphatic heterocycles. The van der Waals surface area contributed by atoms with Gasteiger partial charge in [0.2, 0.25) is 5.91 Å². The van der Waals surface area contributed by atoms with Crippen LogP contribution in [-0.4, -0.2) is 55.5 Å². The first-order valence-electron chi connectivity index (χ1n) is 12.5. The number of carbonyl (C=O) groups excluding carboxylic acids is 3. The second kappa shape index (κ2) is 9.99. The van der Waals surface area contributed by atoms with Crippen molar-refractivity contribution in [2.45, 2.75) is 43.8 Å². The number of halogens is 4. The first-order valence-corrected chi connectivity index (χ1v) is 12.5. The SMILES string of the molecule is C=C(F)C(=O)N1CC(n2nc(-c3ccc(C(F)(F)F)nc3)c3nc(C4CCC(C(N)=O)CC4)cc(C(N)=O)c32)C1. The highest BCUT2D eigenvalue weighted by molar-refractivity contribution is 6.07. The molecule has 5 rings (SSSR count). The first kappa shape index (κ1) is 27.2. The van der Waals surface area contributed by atoms with Gasteiger partial charge in [-0.1, -0.05) is 6.58 Å². The summed E-state index contributed by atoms with van der Waals surface area (Å²) in [5.41, 5.74) is 11.6. The fourth-order valence-corrected chi connectivity index (χ4v) is 5.34. The predicted molar refractivity (Wildman–Crippen MR) is 134 cm³/mol. The summed E-state index contributed by atoms with van der Waals surface area (Å²) < 4.78 is 54.2. The lowest BCUT2D eigenvalue weighted by atomic mass is 9.80. The lowest BCUT2D eigenvalue weighted by Gasteiger charge is -2.39. The average molecular weight is 560 g/mol. The van der Waals surface area contributed by atoms with E-state index in [0.29, 0.717) is 31.4 Å². The minimum atomic E-state index is -4.64. The van der Waals surface area contributed by atoms with Crippen molar-refractivity contribution < 1.29 is 31.9 Å². The molecule has 2 fully saturated rings. The minimum Gasteiger partial charge on any atom is -0.369 e. The summed E-state index contributed by atoms with van der Waals surface area (Å²) >= 11 is 0. The van der Waals surface area contributed by atoms with Crippen molar-refractivity contribution >= 4 is 28.8 Å². The number of pyridine rings is 2. The Kier molecular flexibility index (Phi) is 6.80. The lowest BCUT2D eigenvalue weighted by molar-refractivity contribution is -0.141. The maximum atomic E-state index is 13.4. The quantitative estimate of drug-likeness (QED) is 0.350. The van der Waals surface area contributed by atoms with Gasteiger partial charge in [-0.25, -0.2) is 9.37 Å². The van der Waals surface area contributed by atoms with Gasteiger partial charge in [0.1, 0.15) is 22.4 Å². The van der Waals surface area contributed by atoms with Crippen LogP contribution in [0.1, 0.15) is 59.4 Å². The van der Waals surface area contributed by atoms with E-state index < -0.39 is 35.6 Å². The normalized spacial score (nSPS) is 19.9. The highest BCUT2D eigenvalue weighted by Crippen LogP contribution is 2.39. The van der Waals surface area contributed by atoms with Crippen molar-refractivity contribution in [3.63, 3.8) is 0 Å². The van der Waals surface area contributed by atoms with Crippen molar-refractivity contribution in [2.75, 3.05) is 13.1 Å². The molecule has 0 radical (unpaired) electrons. The number of hydrogen-bond donors (Lipinski definition) is 2. The van der Waals surface area contributed by atoms with Gasteiger partial charge in [0.25, 0.3) is 11.8 Å². The summed E-state index contributed by atoms with van der Waals surface area (Å²) in [6.07, 6.45) is -1.35. The number of fused-ring (bicyclic) bond motifs is 1. The Bertz CT molecular complexity index is 1520. The van der Waals surface area contributed by atoms with Gasteiger partial charge < -0.3 is 16.4 Å². The van der Waals surface area contributed by atoms with Crippen LogP contribution in [0.3, 0.4) is 0 Å². The molecule has 4 N–H and O–H groups in total. The molecule has 14 heteroatoms. The van der Waals surface area contributed by atoms with Gasteiger partial charge in [0.15, 0.2) is 5.83 Å². The molecule has 3 aromatic rings. The van der Waals surface area contributed by atoms with Crippen LogP contribution in [0.25, 0.3) is 22.3 Å². The largest absolute Gasteiger partial charge is 0.433 e. The zero-order chi connectivity index (χ0) is 28.9. The number of aromatic nitrogens is 4. The number of rotatable bonds is 6. The topological polar surface area (TPSA) is 150 Å². The van der Waals surface area contributed by atoms with Crippen molar-refractivity contribution in [3.8, 4) is 11.3 Å². The fraction of sp³-hybridized carbons (Fsp3) is 0.385. The Morgan fingerprint density at radius 3 is 2.25 bits per heavy atom. The van der Waals surface area contributed by atoms with Crippen LogP contribution in [0.4, 0.5) is 17.6 Å². The molecule has 2 aliphatic rings. The molecule has 40 heavy (non-hydrogen) atoms. The number of amides is 3. The molecule has 0 unspecified atom stereocenters. The van der Waals surface area contributed by atoms with E-state index in [-0.39, 0.29) is 58.7 Å². The molecular weight excluding hydrogens is 534 g/mol. The van der Waals surface area contributed by atoms with Gasteiger partial charge >= 0.3 is 6.18 Å². The summed E-state index contributed by atoms with van der Waals surface area (Å²) in [6, 6.07) is 3.11. The average Bonchev–Trinajstić information content (AvgIpc) is 3.25. The summed E-state index contributed by atoms with van der Waals surface area (Å²) in [5.74, 6) is -3.51. The molecule has 210 valence electrons. The molecule has 1 saturated heterocycles. The maximum absolute atomic E-state index is 13.4. The van der Waals surface area contributed by atoms with E-state index in [0.717, 1.165) is 12.3 Å². The lowest BCUT2D eigenvalue weighted by Crippen LogP contribution is -2.51. The van der Waals surface area contributed by atoms with E-state index in [1.54, 1.807) is 6.07 Å². The molecule has 0 atom stereocenters. The van der Waals surface area contributed by atoms with Gasteiger partial charge in [-0.2, -0.15) is 18.3 Å². The molecule has 4 heterocycles. The number of likely N-dealkylation sites (tertiary alicyclic amines) is 1.